The largest absolute Gasteiger partial charge is 1.00 e. The maximum atomic E-state index is 11.3. The van der Waals surface area contributed by atoms with Crippen LogP contribution in [0.2, 0.25) is 0 Å². The maximum Gasteiger partial charge on any atom is 1.00 e. The number of rotatable bonds is 1. The van der Waals surface area contributed by atoms with Crippen LogP contribution in [0.1, 0.15) is 0 Å². The number of nitrogens with zero attached hydrogens (tertiary/aromatic N) is 2. The fraction of sp³-hybridized carbons (Fsp3) is 0. The molecule has 0 aliphatic rings. The first kappa shape index (κ1) is 15.9. The predicted molar refractivity (Wildman–Crippen MR) is 46.4 cm³/mol. The van der Waals surface area contributed by atoms with Crippen molar-refractivity contribution in [2.45, 2.75) is 0 Å². The minimum absolute atomic E-state index is 0. The third-order valence-corrected chi connectivity index (χ3v) is 1.77. The van der Waals surface area contributed by atoms with E-state index in [1.165, 1.54) is 36.7 Å². The molecule has 0 saturated carbocycles. The summed E-state index contributed by atoms with van der Waals surface area (Å²) in [4.78, 5) is 7.67. The van der Waals surface area contributed by atoms with Crippen LogP contribution < -0.4 is 69.3 Å². The summed E-state index contributed by atoms with van der Waals surface area (Å²) in [6, 6.07) is 5.77. The van der Waals surface area contributed by atoms with E-state index in [2.05, 4.69) is 9.97 Å². The molecule has 70 valence electrons. The molecule has 2 aromatic rings. The van der Waals surface area contributed by atoms with Gasteiger partial charge < -0.3 is 10.2 Å². The van der Waals surface area contributed by atoms with Gasteiger partial charge in [0.1, 0.15) is 0 Å². The van der Waals surface area contributed by atoms with E-state index in [1.54, 1.807) is 0 Å². The third kappa shape index (κ3) is 3.45. The van der Waals surface area contributed by atoms with Crippen molar-refractivity contribution in [3.63, 3.8) is 0 Å². The van der Waals surface area contributed by atoms with Crippen molar-refractivity contribution in [3.05, 3.63) is 36.7 Å². The Morgan fingerprint density at radius 1 is 0.750 bits per heavy atom. The molecule has 0 aliphatic heterocycles. The van der Waals surface area contributed by atoms with Crippen LogP contribution in [0.25, 0.3) is 11.4 Å². The minimum atomic E-state index is -0.289. The van der Waals surface area contributed by atoms with Crippen LogP contribution in [-0.4, -0.2) is 9.97 Å². The first-order valence-corrected chi connectivity index (χ1v) is 4.03. The van der Waals surface area contributed by atoms with Crippen LogP contribution >= 0.6 is 0 Å². The van der Waals surface area contributed by atoms with Crippen molar-refractivity contribution in [1.29, 1.82) is 0 Å². The molecule has 0 bridgehead atoms. The van der Waals surface area contributed by atoms with Crippen LogP contribution in [0.3, 0.4) is 0 Å². The molecule has 0 saturated heterocycles. The smallest absolute Gasteiger partial charge is 0.871 e. The van der Waals surface area contributed by atoms with Gasteiger partial charge in [0, 0.05) is 12.4 Å². The number of pyridine rings is 2. The Labute approximate surface area is 137 Å². The van der Waals surface area contributed by atoms with E-state index in [4.69, 9.17) is 0 Å². The van der Waals surface area contributed by atoms with Crippen molar-refractivity contribution in [2.75, 3.05) is 0 Å². The van der Waals surface area contributed by atoms with Gasteiger partial charge >= 0.3 is 59.1 Å². The molecular weight excluding hydrogens is 226 g/mol. The van der Waals surface area contributed by atoms with E-state index in [1.807, 2.05) is 0 Å². The van der Waals surface area contributed by atoms with Crippen LogP contribution in [0.5, 0.6) is 11.5 Å². The van der Waals surface area contributed by atoms with E-state index in [9.17, 15) is 10.2 Å². The Bertz CT molecular complexity index is 423. The van der Waals surface area contributed by atoms with E-state index in [-0.39, 0.29) is 82.0 Å². The molecule has 0 aliphatic carbocycles. The number of aromatic nitrogens is 2. The molecule has 16 heavy (non-hydrogen) atoms. The monoisotopic (exact) mass is 232 g/mol. The van der Waals surface area contributed by atoms with Gasteiger partial charge in [-0.2, -0.15) is 0 Å². The van der Waals surface area contributed by atoms with E-state index in [0.717, 1.165) is 0 Å². The molecule has 0 amide bonds. The summed E-state index contributed by atoms with van der Waals surface area (Å²) in [5.74, 6) is -0.577. The van der Waals surface area contributed by atoms with E-state index < -0.39 is 0 Å². The normalized spacial score (nSPS) is 8.75. The number of hydrogen-bond donors (Lipinski definition) is 0. The first-order valence-electron chi connectivity index (χ1n) is 4.03. The van der Waals surface area contributed by atoms with Crippen molar-refractivity contribution in [3.8, 4) is 22.9 Å². The fourth-order valence-electron chi connectivity index (χ4n) is 1.14. The van der Waals surface area contributed by atoms with Crippen LogP contribution in [-0.2, 0) is 0 Å². The van der Waals surface area contributed by atoms with Gasteiger partial charge in [-0.05, 0) is 12.1 Å². The van der Waals surface area contributed by atoms with Gasteiger partial charge in [0.25, 0.3) is 0 Å². The second-order valence-corrected chi connectivity index (χ2v) is 2.70. The van der Waals surface area contributed by atoms with Crippen molar-refractivity contribution in [2.24, 2.45) is 0 Å². The Hall–Kier alpha value is -0.1000. The first-order chi connectivity index (χ1) is 6.79. The van der Waals surface area contributed by atoms with Gasteiger partial charge in [-0.3, -0.25) is 9.97 Å². The van der Waals surface area contributed by atoms with Crippen LogP contribution in [0, 0.1) is 0 Å². The summed E-state index contributed by atoms with van der Waals surface area (Å²) >= 11 is 0. The Kier molecular flexibility index (Phi) is 7.22. The molecule has 0 fully saturated rings. The van der Waals surface area contributed by atoms with Crippen molar-refractivity contribution >= 4 is 0 Å². The van der Waals surface area contributed by atoms with Gasteiger partial charge in [-0.1, -0.05) is 23.6 Å². The summed E-state index contributed by atoms with van der Waals surface area (Å²) in [5, 5.41) is 22.7. The molecule has 0 spiro atoms. The summed E-state index contributed by atoms with van der Waals surface area (Å²) in [5.41, 5.74) is 0.219. The maximum absolute atomic E-state index is 11.3. The van der Waals surface area contributed by atoms with E-state index in [0.29, 0.717) is 0 Å². The van der Waals surface area contributed by atoms with Gasteiger partial charge in [0.2, 0.25) is 0 Å². The Morgan fingerprint density at radius 3 is 1.44 bits per heavy atom. The van der Waals surface area contributed by atoms with Crippen molar-refractivity contribution in [1.82, 2.24) is 9.97 Å². The van der Waals surface area contributed by atoms with E-state index >= 15 is 0 Å². The zero-order valence-electron chi connectivity index (χ0n) is 9.18. The zero-order valence-corrected chi connectivity index (χ0v) is 13.2. The van der Waals surface area contributed by atoms with Crippen LogP contribution in [0.15, 0.2) is 36.7 Å². The molecule has 2 aromatic heterocycles. The molecule has 0 atom stereocenters. The standard InChI is InChI=1S/C10H8N2O2.2Na/c13-7-3-1-5-11-9(7)10-8(14)4-2-6-12-10;;/h1-6,13-14H;;/q;2*+1/p-2. The van der Waals surface area contributed by atoms with Gasteiger partial charge in [-0.15, -0.1) is 0 Å². The predicted octanol–water partition coefficient (Wildman–Crippen LogP) is -5.70. The second-order valence-electron chi connectivity index (χ2n) is 2.70. The molecule has 4 nitrogen and oxygen atoms in total. The summed E-state index contributed by atoms with van der Waals surface area (Å²) < 4.78 is 0. The second kappa shape index (κ2) is 7.27. The molecule has 0 N–H and O–H groups in total. The quantitative estimate of drug-likeness (QED) is 0.459. The Balaban J connectivity index is 0.00000112. The van der Waals surface area contributed by atoms with Gasteiger partial charge in [-0.25, -0.2) is 0 Å². The zero-order chi connectivity index (χ0) is 9.97. The molecule has 0 unspecified atom stereocenters. The Morgan fingerprint density at radius 2 is 1.12 bits per heavy atom. The average Bonchev–Trinajstić information content (AvgIpc) is 2.20. The summed E-state index contributed by atoms with van der Waals surface area (Å²) in [6.45, 7) is 0. The molecule has 2 heterocycles. The summed E-state index contributed by atoms with van der Waals surface area (Å²) in [7, 11) is 0. The van der Waals surface area contributed by atoms with Crippen molar-refractivity contribution < 1.29 is 69.3 Å². The topological polar surface area (TPSA) is 71.9 Å². The number of hydrogen-bond acceptors (Lipinski definition) is 4. The third-order valence-electron chi connectivity index (χ3n) is 1.77. The van der Waals surface area contributed by atoms with Gasteiger partial charge in [0.05, 0.1) is 11.4 Å². The molecule has 6 heteroatoms. The SMILES string of the molecule is [Na+].[Na+].[O-]c1cccnc1-c1ncccc1[O-]. The average molecular weight is 232 g/mol. The molecule has 0 radical (unpaired) electrons. The summed E-state index contributed by atoms with van der Waals surface area (Å²) in [6.07, 6.45) is 2.93. The molecular formula is C10H6N2Na2O2. The van der Waals surface area contributed by atoms with Gasteiger partial charge in [0.15, 0.2) is 0 Å². The molecule has 2 rings (SSSR count). The fourth-order valence-corrected chi connectivity index (χ4v) is 1.14. The van der Waals surface area contributed by atoms with Crippen LogP contribution in [0.4, 0.5) is 0 Å². The molecule has 0 aromatic carbocycles. The minimum Gasteiger partial charge on any atom is -0.871 e.